The van der Waals surface area contributed by atoms with E-state index in [1.54, 1.807) is 0 Å². The molecule has 1 aliphatic heterocycles. The van der Waals surface area contributed by atoms with Crippen molar-refractivity contribution >= 4 is 11.6 Å². The Morgan fingerprint density at radius 3 is 2.46 bits per heavy atom. The van der Waals surface area contributed by atoms with Gasteiger partial charge in [-0.05, 0) is 80.1 Å². The van der Waals surface area contributed by atoms with Gasteiger partial charge in [-0.3, -0.25) is 4.90 Å². The van der Waals surface area contributed by atoms with Crippen molar-refractivity contribution in [3.63, 3.8) is 0 Å². The van der Waals surface area contributed by atoms with Crippen LogP contribution in [-0.2, 0) is 18.3 Å². The highest BCUT2D eigenvalue weighted by molar-refractivity contribution is 6.31. The topological polar surface area (TPSA) is 65.0 Å². The van der Waals surface area contributed by atoms with E-state index >= 15 is 0 Å². The fourth-order valence-corrected chi connectivity index (χ4v) is 4.63. The quantitative estimate of drug-likeness (QED) is 0.397. The van der Waals surface area contributed by atoms with Gasteiger partial charge < -0.3 is 20.3 Å². The summed E-state index contributed by atoms with van der Waals surface area (Å²) in [4.78, 5) is 2.21. The molecule has 0 unspecified atom stereocenters. The van der Waals surface area contributed by atoms with Gasteiger partial charge in [-0.25, -0.2) is 0 Å². The average molecular weight is 515 g/mol. The van der Waals surface area contributed by atoms with E-state index in [9.17, 15) is 18.3 Å². The maximum absolute atomic E-state index is 13.3. The summed E-state index contributed by atoms with van der Waals surface area (Å²) >= 11 is 5.74. The highest BCUT2D eigenvalue weighted by atomic mass is 35.5. The number of likely N-dealkylation sites (tertiary alicyclic amines) is 1. The van der Waals surface area contributed by atoms with E-state index < -0.39 is 17.3 Å². The number of aliphatic hydroxyl groups is 2. The Hall–Kier alpha value is -1.84. The maximum atomic E-state index is 13.3. The number of hydrogen-bond acceptors (Lipinski definition) is 5. The number of hydrogen-bond donors (Lipinski definition) is 3. The summed E-state index contributed by atoms with van der Waals surface area (Å²) in [7, 11) is 0. The second-order valence-electron chi connectivity index (χ2n) is 9.15. The Labute approximate surface area is 209 Å². The molecular formula is C26H34ClF3N2O3. The van der Waals surface area contributed by atoms with Crippen LogP contribution in [0.4, 0.5) is 13.2 Å². The predicted molar refractivity (Wildman–Crippen MR) is 131 cm³/mol. The number of halogens is 4. The summed E-state index contributed by atoms with van der Waals surface area (Å²) in [5.41, 5.74) is 1.43. The molecule has 2 aromatic rings. The Bertz CT molecular complexity index is 993. The second-order valence-corrected chi connectivity index (χ2v) is 9.56. The van der Waals surface area contributed by atoms with E-state index in [0.29, 0.717) is 45.6 Å². The first-order chi connectivity index (χ1) is 16.5. The molecular weight excluding hydrogens is 481 g/mol. The van der Waals surface area contributed by atoms with Gasteiger partial charge in [-0.1, -0.05) is 23.7 Å². The molecule has 5 nitrogen and oxygen atoms in total. The van der Waals surface area contributed by atoms with Crippen molar-refractivity contribution in [3.8, 4) is 5.75 Å². The molecule has 0 amide bonds. The zero-order valence-corrected chi connectivity index (χ0v) is 21.0. The lowest BCUT2D eigenvalue weighted by Crippen LogP contribution is -2.42. The van der Waals surface area contributed by atoms with E-state index in [1.807, 2.05) is 13.0 Å². The van der Waals surface area contributed by atoms with Crippen LogP contribution in [-0.4, -0.2) is 54.5 Å². The molecule has 3 N–H and O–H groups in total. The van der Waals surface area contributed by atoms with Crippen molar-refractivity contribution in [2.24, 2.45) is 0 Å². The number of ether oxygens (including phenoxy) is 1. The summed E-state index contributed by atoms with van der Waals surface area (Å²) in [5, 5.41) is 22.7. The van der Waals surface area contributed by atoms with Crippen LogP contribution in [0.15, 0.2) is 30.3 Å². The van der Waals surface area contributed by atoms with Gasteiger partial charge in [-0.15, -0.1) is 0 Å². The van der Waals surface area contributed by atoms with Gasteiger partial charge in [-0.2, -0.15) is 13.2 Å². The van der Waals surface area contributed by atoms with Crippen LogP contribution in [0, 0.1) is 13.8 Å². The maximum Gasteiger partial charge on any atom is 0.417 e. The number of nitrogens with zero attached hydrogens (tertiary/aromatic N) is 1. The van der Waals surface area contributed by atoms with Crippen LogP contribution >= 0.6 is 11.6 Å². The van der Waals surface area contributed by atoms with E-state index in [1.165, 1.54) is 12.1 Å². The van der Waals surface area contributed by atoms with Gasteiger partial charge in [0.25, 0.3) is 0 Å². The SMILES string of the molecule is Cc1c(CN2CCC(O)(c3ccc(Cl)c(C(F)(F)F)c3)CC2)ccc(OCCCNCCO)c1C. The van der Waals surface area contributed by atoms with Gasteiger partial charge in [0.2, 0.25) is 0 Å². The minimum absolute atomic E-state index is 0.122. The molecule has 0 atom stereocenters. The van der Waals surface area contributed by atoms with Gasteiger partial charge in [0.05, 0.1) is 29.4 Å². The van der Waals surface area contributed by atoms with Crippen LogP contribution in [0.5, 0.6) is 5.75 Å². The standard InChI is InChI=1S/C26H34ClF3N2O3/c1-18-19(2)24(35-15-3-10-31-11-14-33)7-4-20(18)17-32-12-8-25(34,9-13-32)21-5-6-23(27)22(16-21)26(28,29)30/h4-7,16,31,33-34H,3,8-15,17H2,1-2H3. The highest BCUT2D eigenvalue weighted by Gasteiger charge is 2.38. The smallest absolute Gasteiger partial charge is 0.417 e. The molecule has 0 bridgehead atoms. The molecule has 194 valence electrons. The molecule has 9 heteroatoms. The molecule has 0 radical (unpaired) electrons. The van der Waals surface area contributed by atoms with Crippen molar-refractivity contribution in [3.05, 3.63) is 63.2 Å². The summed E-state index contributed by atoms with van der Waals surface area (Å²) in [6.45, 7) is 8.00. The van der Waals surface area contributed by atoms with Crippen LogP contribution in [0.3, 0.4) is 0 Å². The third-order valence-corrected chi connectivity index (χ3v) is 7.11. The predicted octanol–water partition coefficient (Wildman–Crippen LogP) is 4.81. The summed E-state index contributed by atoms with van der Waals surface area (Å²) in [6.07, 6.45) is -3.04. The van der Waals surface area contributed by atoms with Gasteiger partial charge in [0.15, 0.2) is 0 Å². The number of piperidine rings is 1. The molecule has 0 aromatic heterocycles. The summed E-state index contributed by atoms with van der Waals surface area (Å²) < 4.78 is 45.7. The Morgan fingerprint density at radius 1 is 1.09 bits per heavy atom. The fourth-order valence-electron chi connectivity index (χ4n) is 4.41. The number of aliphatic hydroxyl groups excluding tert-OH is 1. The fraction of sp³-hybridized carbons (Fsp3) is 0.538. The third kappa shape index (κ3) is 7.11. The molecule has 0 aliphatic carbocycles. The zero-order valence-electron chi connectivity index (χ0n) is 20.2. The molecule has 1 aliphatic rings. The number of alkyl halides is 3. The first-order valence-electron chi connectivity index (χ1n) is 11.9. The largest absolute Gasteiger partial charge is 0.493 e. The summed E-state index contributed by atoms with van der Waals surface area (Å²) in [5.74, 6) is 0.852. The number of rotatable bonds is 10. The molecule has 0 spiro atoms. The Morgan fingerprint density at radius 2 is 1.80 bits per heavy atom. The van der Waals surface area contributed by atoms with Crippen molar-refractivity contribution in [1.29, 1.82) is 0 Å². The Balaban J connectivity index is 1.58. The second kappa shape index (κ2) is 11.9. The van der Waals surface area contributed by atoms with Crippen LogP contribution < -0.4 is 10.1 Å². The van der Waals surface area contributed by atoms with E-state index in [-0.39, 0.29) is 17.2 Å². The lowest BCUT2D eigenvalue weighted by atomic mass is 9.83. The van der Waals surface area contributed by atoms with Crippen molar-refractivity contribution < 1.29 is 28.1 Å². The van der Waals surface area contributed by atoms with Gasteiger partial charge >= 0.3 is 6.18 Å². The monoisotopic (exact) mass is 514 g/mol. The minimum atomic E-state index is -4.56. The normalized spacial score (nSPS) is 16.5. The highest BCUT2D eigenvalue weighted by Crippen LogP contribution is 2.40. The van der Waals surface area contributed by atoms with Gasteiger partial charge in [0, 0.05) is 26.2 Å². The minimum Gasteiger partial charge on any atom is -0.493 e. The van der Waals surface area contributed by atoms with E-state index in [2.05, 4.69) is 23.2 Å². The average Bonchev–Trinajstić information content (AvgIpc) is 2.81. The van der Waals surface area contributed by atoms with Gasteiger partial charge in [0.1, 0.15) is 5.75 Å². The van der Waals surface area contributed by atoms with Crippen LogP contribution in [0.1, 0.15) is 47.1 Å². The number of nitrogens with one attached hydrogen (secondary N) is 1. The first-order valence-corrected chi connectivity index (χ1v) is 12.3. The molecule has 1 heterocycles. The summed E-state index contributed by atoms with van der Waals surface area (Å²) in [6, 6.07) is 7.71. The van der Waals surface area contributed by atoms with E-state index in [4.69, 9.17) is 21.4 Å². The number of benzene rings is 2. The lowest BCUT2D eigenvalue weighted by molar-refractivity contribution is -0.137. The lowest BCUT2D eigenvalue weighted by Gasteiger charge is -2.39. The molecule has 0 saturated carbocycles. The van der Waals surface area contributed by atoms with Crippen molar-refractivity contribution in [1.82, 2.24) is 10.2 Å². The van der Waals surface area contributed by atoms with Crippen molar-refractivity contribution in [2.75, 3.05) is 39.4 Å². The van der Waals surface area contributed by atoms with Crippen molar-refractivity contribution in [2.45, 2.75) is 51.4 Å². The third-order valence-electron chi connectivity index (χ3n) is 6.78. The van der Waals surface area contributed by atoms with Crippen LogP contribution in [0.25, 0.3) is 0 Å². The molecule has 3 rings (SSSR count). The van der Waals surface area contributed by atoms with Crippen LogP contribution in [0.2, 0.25) is 5.02 Å². The Kier molecular flexibility index (Phi) is 9.46. The molecule has 35 heavy (non-hydrogen) atoms. The molecule has 1 saturated heterocycles. The van der Waals surface area contributed by atoms with E-state index in [0.717, 1.165) is 41.5 Å². The molecule has 2 aromatic carbocycles. The molecule has 1 fully saturated rings. The zero-order chi connectivity index (χ0) is 25.6. The first kappa shape index (κ1) is 27.7.